The van der Waals surface area contributed by atoms with Crippen LogP contribution in [0.25, 0.3) is 0 Å². The Labute approximate surface area is 91.9 Å². The van der Waals surface area contributed by atoms with Crippen LogP contribution in [-0.4, -0.2) is 44.2 Å². The average Bonchev–Trinajstić information content (AvgIpc) is 2.69. The number of hydrogen-bond donors (Lipinski definition) is 1. The zero-order valence-corrected chi connectivity index (χ0v) is 9.33. The monoisotopic (exact) mass is 227 g/mol. The van der Waals surface area contributed by atoms with E-state index in [9.17, 15) is 9.90 Å². The van der Waals surface area contributed by atoms with Crippen LogP contribution in [0.5, 0.6) is 0 Å². The predicted octanol–water partition coefficient (Wildman–Crippen LogP) is 0.525. The Morgan fingerprint density at radius 3 is 2.80 bits per heavy atom. The molecule has 15 heavy (non-hydrogen) atoms. The van der Waals surface area contributed by atoms with E-state index in [1.54, 1.807) is 17.2 Å². The summed E-state index contributed by atoms with van der Waals surface area (Å²) in [6, 6.07) is 0. The van der Waals surface area contributed by atoms with Crippen molar-refractivity contribution in [1.82, 2.24) is 14.5 Å². The fourth-order valence-corrected chi connectivity index (χ4v) is 2.04. The molecule has 1 aliphatic heterocycles. The molecule has 1 aromatic heterocycles. The lowest BCUT2D eigenvalue weighted by atomic mass is 9.94. The fourth-order valence-electron chi connectivity index (χ4n) is 1.61. The molecule has 1 aliphatic rings. The van der Waals surface area contributed by atoms with Gasteiger partial charge in [-0.3, -0.25) is 4.79 Å². The van der Waals surface area contributed by atoms with E-state index in [0.717, 1.165) is 0 Å². The van der Waals surface area contributed by atoms with Gasteiger partial charge in [-0.1, -0.05) is 4.49 Å². The van der Waals surface area contributed by atoms with Crippen LogP contribution in [0.15, 0.2) is 5.38 Å². The molecule has 1 amide bonds. The van der Waals surface area contributed by atoms with Crippen LogP contribution >= 0.6 is 11.5 Å². The van der Waals surface area contributed by atoms with Gasteiger partial charge in [0.1, 0.15) is 0 Å². The summed E-state index contributed by atoms with van der Waals surface area (Å²) in [7, 11) is 0. The van der Waals surface area contributed by atoms with Crippen molar-refractivity contribution in [1.29, 1.82) is 0 Å². The van der Waals surface area contributed by atoms with Gasteiger partial charge in [0.25, 0.3) is 5.91 Å². The molecule has 2 rings (SSSR count). The number of hydrogen-bond acceptors (Lipinski definition) is 5. The summed E-state index contributed by atoms with van der Waals surface area (Å²) in [6.07, 6.45) is 1.24. The van der Waals surface area contributed by atoms with Crippen LogP contribution in [0.3, 0.4) is 0 Å². The lowest BCUT2D eigenvalue weighted by molar-refractivity contribution is -0.00219. The van der Waals surface area contributed by atoms with Gasteiger partial charge in [0.2, 0.25) is 0 Å². The molecule has 0 aromatic carbocycles. The number of carbonyl (C=O) groups is 1. The van der Waals surface area contributed by atoms with Gasteiger partial charge in [-0.05, 0) is 31.3 Å². The minimum Gasteiger partial charge on any atom is -0.390 e. The zero-order valence-electron chi connectivity index (χ0n) is 8.51. The number of aliphatic hydroxyl groups is 1. The van der Waals surface area contributed by atoms with E-state index in [4.69, 9.17) is 0 Å². The molecule has 1 N–H and O–H groups in total. The first-order chi connectivity index (χ1) is 7.08. The quantitative estimate of drug-likeness (QED) is 0.759. The van der Waals surface area contributed by atoms with E-state index < -0.39 is 5.60 Å². The minimum absolute atomic E-state index is 0.0840. The lowest BCUT2D eigenvalue weighted by Gasteiger charge is -2.35. The molecule has 6 heteroatoms. The van der Waals surface area contributed by atoms with Crippen LogP contribution in [0.1, 0.15) is 30.3 Å². The SMILES string of the molecule is CC1(O)CCN(C(=O)c2csnn2)CC1. The summed E-state index contributed by atoms with van der Waals surface area (Å²) >= 11 is 1.17. The smallest absolute Gasteiger partial charge is 0.275 e. The number of piperidine rings is 1. The molecular formula is C9H13N3O2S. The molecule has 1 aromatic rings. The third kappa shape index (κ3) is 2.32. The van der Waals surface area contributed by atoms with Gasteiger partial charge in [-0.2, -0.15) is 0 Å². The van der Waals surface area contributed by atoms with Gasteiger partial charge in [-0.15, -0.1) is 5.10 Å². The summed E-state index contributed by atoms with van der Waals surface area (Å²) in [5, 5.41) is 15.1. The van der Waals surface area contributed by atoms with Gasteiger partial charge in [0, 0.05) is 18.5 Å². The molecule has 0 saturated carbocycles. The van der Waals surface area contributed by atoms with E-state index in [2.05, 4.69) is 9.59 Å². The molecule has 0 bridgehead atoms. The summed E-state index contributed by atoms with van der Waals surface area (Å²) in [4.78, 5) is 13.5. The standard InChI is InChI=1S/C9H13N3O2S/c1-9(14)2-4-12(5-3-9)8(13)7-6-15-11-10-7/h6,14H,2-5H2,1H3. The highest BCUT2D eigenvalue weighted by atomic mass is 32.1. The van der Waals surface area contributed by atoms with Crippen LogP contribution in [-0.2, 0) is 0 Å². The lowest BCUT2D eigenvalue weighted by Crippen LogP contribution is -2.45. The van der Waals surface area contributed by atoms with E-state index >= 15 is 0 Å². The Hall–Kier alpha value is -1.01. The van der Waals surface area contributed by atoms with Crippen molar-refractivity contribution < 1.29 is 9.90 Å². The molecule has 0 aliphatic carbocycles. The fraction of sp³-hybridized carbons (Fsp3) is 0.667. The topological polar surface area (TPSA) is 66.3 Å². The Bertz CT molecular complexity index is 340. The summed E-state index contributed by atoms with van der Waals surface area (Å²) < 4.78 is 3.66. The van der Waals surface area contributed by atoms with Crippen molar-refractivity contribution in [2.75, 3.05) is 13.1 Å². The van der Waals surface area contributed by atoms with Crippen molar-refractivity contribution in [2.24, 2.45) is 0 Å². The number of nitrogens with zero attached hydrogens (tertiary/aromatic N) is 3. The van der Waals surface area contributed by atoms with Crippen molar-refractivity contribution in [2.45, 2.75) is 25.4 Å². The Kier molecular flexibility index (Phi) is 2.70. The molecule has 82 valence electrons. The van der Waals surface area contributed by atoms with Crippen molar-refractivity contribution in [3.05, 3.63) is 11.1 Å². The summed E-state index contributed by atoms with van der Waals surface area (Å²) in [6.45, 7) is 2.98. The molecule has 1 fully saturated rings. The van der Waals surface area contributed by atoms with E-state index in [0.29, 0.717) is 31.6 Å². The number of carbonyl (C=O) groups excluding carboxylic acids is 1. The van der Waals surface area contributed by atoms with Crippen molar-refractivity contribution in [3.63, 3.8) is 0 Å². The number of likely N-dealkylation sites (tertiary alicyclic amines) is 1. The third-order valence-electron chi connectivity index (χ3n) is 2.71. The first-order valence-electron chi connectivity index (χ1n) is 4.87. The largest absolute Gasteiger partial charge is 0.390 e. The molecule has 0 spiro atoms. The Balaban J connectivity index is 2.00. The van der Waals surface area contributed by atoms with Crippen LogP contribution in [0.2, 0.25) is 0 Å². The predicted molar refractivity (Wildman–Crippen MR) is 55.7 cm³/mol. The molecular weight excluding hydrogens is 214 g/mol. The highest BCUT2D eigenvalue weighted by Crippen LogP contribution is 2.22. The van der Waals surface area contributed by atoms with Gasteiger partial charge in [0.05, 0.1) is 5.60 Å². The molecule has 0 radical (unpaired) electrons. The molecule has 0 unspecified atom stereocenters. The maximum Gasteiger partial charge on any atom is 0.275 e. The first-order valence-corrected chi connectivity index (χ1v) is 5.71. The van der Waals surface area contributed by atoms with Crippen molar-refractivity contribution in [3.8, 4) is 0 Å². The zero-order chi connectivity index (χ0) is 10.9. The number of aromatic nitrogens is 2. The summed E-state index contributed by atoms with van der Waals surface area (Å²) in [5.41, 5.74) is -0.224. The highest BCUT2D eigenvalue weighted by molar-refractivity contribution is 7.03. The van der Waals surface area contributed by atoms with Crippen LogP contribution in [0.4, 0.5) is 0 Å². The average molecular weight is 227 g/mol. The normalized spacial score (nSPS) is 20.3. The van der Waals surface area contributed by atoms with E-state index in [1.165, 1.54) is 11.5 Å². The molecule has 0 atom stereocenters. The van der Waals surface area contributed by atoms with E-state index in [1.807, 2.05) is 0 Å². The Morgan fingerprint density at radius 2 is 2.27 bits per heavy atom. The van der Waals surface area contributed by atoms with Crippen molar-refractivity contribution >= 4 is 17.4 Å². The van der Waals surface area contributed by atoms with Crippen LogP contribution in [0, 0.1) is 0 Å². The second-order valence-electron chi connectivity index (χ2n) is 4.08. The second kappa shape index (κ2) is 3.86. The number of rotatable bonds is 1. The second-order valence-corrected chi connectivity index (χ2v) is 4.69. The molecule has 2 heterocycles. The first kappa shape index (κ1) is 10.5. The number of amides is 1. The molecule has 1 saturated heterocycles. The maximum absolute atomic E-state index is 11.8. The minimum atomic E-state index is -0.628. The highest BCUT2D eigenvalue weighted by Gasteiger charge is 2.30. The van der Waals surface area contributed by atoms with Gasteiger partial charge in [-0.25, -0.2) is 0 Å². The van der Waals surface area contributed by atoms with E-state index in [-0.39, 0.29) is 5.91 Å². The van der Waals surface area contributed by atoms with Gasteiger partial charge in [0.15, 0.2) is 5.69 Å². The Morgan fingerprint density at radius 1 is 1.60 bits per heavy atom. The van der Waals surface area contributed by atoms with Crippen LogP contribution < -0.4 is 0 Å². The van der Waals surface area contributed by atoms with Gasteiger partial charge < -0.3 is 10.0 Å². The maximum atomic E-state index is 11.8. The summed E-state index contributed by atoms with van der Waals surface area (Å²) in [5.74, 6) is -0.0840. The third-order valence-corrected chi connectivity index (χ3v) is 3.21. The van der Waals surface area contributed by atoms with Gasteiger partial charge >= 0.3 is 0 Å². The molecule has 5 nitrogen and oxygen atoms in total.